The van der Waals surface area contributed by atoms with Gasteiger partial charge in [-0.25, -0.2) is 0 Å². The number of nitrogens with one attached hydrogen (secondary N) is 1. The summed E-state index contributed by atoms with van der Waals surface area (Å²) in [6.45, 7) is 3.35. The maximum Gasteiger partial charge on any atom is 0.0931 e. The molecule has 0 spiro atoms. The van der Waals surface area contributed by atoms with Gasteiger partial charge in [0.1, 0.15) is 0 Å². The largest absolute Gasteiger partial charge is 0.309 e. The minimum Gasteiger partial charge on any atom is -0.309 e. The van der Waals surface area contributed by atoms with E-state index in [0.29, 0.717) is 6.04 Å². The van der Waals surface area contributed by atoms with Gasteiger partial charge in [-0.2, -0.15) is 0 Å². The summed E-state index contributed by atoms with van der Waals surface area (Å²) in [4.78, 5) is 1.34. The normalized spacial score (nSPS) is 18.7. The third kappa shape index (κ3) is 4.27. The molecule has 3 heteroatoms. The predicted molar refractivity (Wildman–Crippen MR) is 76.9 cm³/mol. The van der Waals surface area contributed by atoms with Crippen molar-refractivity contribution in [1.82, 2.24) is 5.32 Å². The number of thiophene rings is 1. The molecular formula is C14H22ClNS. The Kier molecular flexibility index (Phi) is 5.33. The molecule has 0 aliphatic heterocycles. The highest BCUT2D eigenvalue weighted by Crippen LogP contribution is 2.29. The van der Waals surface area contributed by atoms with E-state index in [2.05, 4.69) is 18.3 Å². The van der Waals surface area contributed by atoms with Crippen LogP contribution in [-0.4, -0.2) is 6.54 Å². The Labute approximate surface area is 114 Å². The van der Waals surface area contributed by atoms with Gasteiger partial charge in [-0.05, 0) is 44.4 Å². The molecule has 1 saturated carbocycles. The highest BCUT2D eigenvalue weighted by Gasteiger charge is 2.14. The second-order valence-corrected chi connectivity index (χ2v) is 6.86. The maximum absolute atomic E-state index is 5.94. The van der Waals surface area contributed by atoms with Crippen LogP contribution in [0.3, 0.4) is 0 Å². The monoisotopic (exact) mass is 271 g/mol. The lowest BCUT2D eigenvalue weighted by Crippen LogP contribution is -2.19. The average molecular weight is 272 g/mol. The zero-order valence-corrected chi connectivity index (χ0v) is 12.1. The molecule has 0 saturated heterocycles. The van der Waals surface area contributed by atoms with E-state index in [1.165, 1.54) is 43.4 Å². The van der Waals surface area contributed by atoms with E-state index < -0.39 is 0 Å². The highest BCUT2D eigenvalue weighted by atomic mass is 35.5. The molecule has 1 atom stereocenters. The Morgan fingerprint density at radius 2 is 2.18 bits per heavy atom. The molecule has 17 heavy (non-hydrogen) atoms. The molecule has 1 N–H and O–H groups in total. The number of halogens is 1. The fourth-order valence-corrected chi connectivity index (χ4v) is 3.76. The molecule has 2 rings (SSSR count). The lowest BCUT2D eigenvalue weighted by atomic mass is 10.0. The molecule has 0 bridgehead atoms. The molecule has 96 valence electrons. The standard InChI is InChI=1S/C14H22ClNS/c1-11(13-8-9-14(15)17-13)16-10-4-7-12-5-2-3-6-12/h8-9,11-12,16H,2-7,10H2,1H3. The van der Waals surface area contributed by atoms with Gasteiger partial charge in [0.15, 0.2) is 0 Å². The lowest BCUT2D eigenvalue weighted by molar-refractivity contribution is 0.457. The van der Waals surface area contributed by atoms with Gasteiger partial charge in [0.25, 0.3) is 0 Å². The summed E-state index contributed by atoms with van der Waals surface area (Å²) in [5.74, 6) is 1.02. The predicted octanol–water partition coefficient (Wildman–Crippen LogP) is 5.02. The van der Waals surface area contributed by atoms with Crippen LogP contribution in [0.15, 0.2) is 12.1 Å². The van der Waals surface area contributed by atoms with Crippen LogP contribution >= 0.6 is 22.9 Å². The summed E-state index contributed by atoms with van der Waals surface area (Å²) in [5.41, 5.74) is 0. The first kappa shape index (κ1) is 13.4. The Balaban J connectivity index is 1.61. The van der Waals surface area contributed by atoms with Gasteiger partial charge in [-0.15, -0.1) is 11.3 Å². The van der Waals surface area contributed by atoms with Crippen LogP contribution < -0.4 is 5.32 Å². The summed E-state index contributed by atoms with van der Waals surface area (Å²) in [7, 11) is 0. The first-order chi connectivity index (χ1) is 8.25. The molecule has 1 aromatic heterocycles. The molecule has 0 amide bonds. The summed E-state index contributed by atoms with van der Waals surface area (Å²) >= 11 is 7.62. The third-order valence-electron chi connectivity index (χ3n) is 3.74. The van der Waals surface area contributed by atoms with Crippen molar-refractivity contribution in [3.8, 4) is 0 Å². The van der Waals surface area contributed by atoms with Gasteiger partial charge in [0.2, 0.25) is 0 Å². The molecule has 1 aromatic rings. The first-order valence-corrected chi connectivity index (χ1v) is 7.94. The number of hydrogen-bond donors (Lipinski definition) is 1. The Hall–Kier alpha value is -0.0500. The SMILES string of the molecule is CC(NCCCC1CCCC1)c1ccc(Cl)s1. The molecule has 1 aliphatic rings. The van der Waals surface area contributed by atoms with Crippen molar-refractivity contribution in [1.29, 1.82) is 0 Å². The van der Waals surface area contributed by atoms with Crippen LogP contribution in [0.5, 0.6) is 0 Å². The zero-order chi connectivity index (χ0) is 12.1. The molecule has 1 heterocycles. The van der Waals surface area contributed by atoms with Crippen molar-refractivity contribution in [3.05, 3.63) is 21.3 Å². The second kappa shape index (κ2) is 6.77. The summed E-state index contributed by atoms with van der Waals surface area (Å²) < 4.78 is 0.889. The van der Waals surface area contributed by atoms with Gasteiger partial charge < -0.3 is 5.32 Å². The molecule has 0 aromatic carbocycles. The van der Waals surface area contributed by atoms with Crippen molar-refractivity contribution in [2.75, 3.05) is 6.54 Å². The van der Waals surface area contributed by atoms with E-state index in [-0.39, 0.29) is 0 Å². The minimum absolute atomic E-state index is 0.441. The van der Waals surface area contributed by atoms with Crippen LogP contribution in [0.25, 0.3) is 0 Å². The van der Waals surface area contributed by atoms with Crippen LogP contribution in [0, 0.1) is 5.92 Å². The van der Waals surface area contributed by atoms with Crippen LogP contribution in [0.4, 0.5) is 0 Å². The van der Waals surface area contributed by atoms with E-state index in [0.717, 1.165) is 16.8 Å². The van der Waals surface area contributed by atoms with E-state index in [1.807, 2.05) is 6.07 Å². The van der Waals surface area contributed by atoms with E-state index in [9.17, 15) is 0 Å². The van der Waals surface area contributed by atoms with Gasteiger partial charge in [0.05, 0.1) is 4.34 Å². The quantitative estimate of drug-likeness (QED) is 0.716. The number of hydrogen-bond acceptors (Lipinski definition) is 2. The van der Waals surface area contributed by atoms with Gasteiger partial charge in [-0.1, -0.05) is 37.3 Å². The topological polar surface area (TPSA) is 12.0 Å². The van der Waals surface area contributed by atoms with E-state index >= 15 is 0 Å². The van der Waals surface area contributed by atoms with Crippen LogP contribution in [0.2, 0.25) is 4.34 Å². The van der Waals surface area contributed by atoms with Crippen molar-refractivity contribution >= 4 is 22.9 Å². The molecular weight excluding hydrogens is 250 g/mol. The van der Waals surface area contributed by atoms with Crippen molar-refractivity contribution in [3.63, 3.8) is 0 Å². The lowest BCUT2D eigenvalue weighted by Gasteiger charge is -2.13. The van der Waals surface area contributed by atoms with Crippen molar-refractivity contribution in [2.45, 2.75) is 51.5 Å². The van der Waals surface area contributed by atoms with Gasteiger partial charge >= 0.3 is 0 Å². The fourth-order valence-electron chi connectivity index (χ4n) is 2.67. The van der Waals surface area contributed by atoms with Crippen LogP contribution in [0.1, 0.15) is 56.4 Å². The zero-order valence-electron chi connectivity index (χ0n) is 10.5. The Morgan fingerprint density at radius 3 is 2.82 bits per heavy atom. The smallest absolute Gasteiger partial charge is 0.0931 e. The molecule has 1 fully saturated rings. The van der Waals surface area contributed by atoms with Crippen molar-refractivity contribution < 1.29 is 0 Å². The molecule has 1 nitrogen and oxygen atoms in total. The Bertz CT molecular complexity index is 331. The molecule has 1 aliphatic carbocycles. The fraction of sp³-hybridized carbons (Fsp3) is 0.714. The number of rotatable bonds is 6. The molecule has 0 radical (unpaired) electrons. The van der Waals surface area contributed by atoms with Crippen LogP contribution in [-0.2, 0) is 0 Å². The second-order valence-electron chi connectivity index (χ2n) is 5.11. The molecule has 1 unspecified atom stereocenters. The average Bonchev–Trinajstić information content (AvgIpc) is 2.95. The highest BCUT2D eigenvalue weighted by molar-refractivity contribution is 7.16. The van der Waals surface area contributed by atoms with Gasteiger partial charge in [-0.3, -0.25) is 0 Å². The van der Waals surface area contributed by atoms with Gasteiger partial charge in [0, 0.05) is 10.9 Å². The van der Waals surface area contributed by atoms with E-state index in [1.54, 1.807) is 11.3 Å². The summed E-state index contributed by atoms with van der Waals surface area (Å²) in [6, 6.07) is 4.55. The summed E-state index contributed by atoms with van der Waals surface area (Å²) in [6.07, 6.45) is 8.58. The minimum atomic E-state index is 0.441. The summed E-state index contributed by atoms with van der Waals surface area (Å²) in [5, 5.41) is 3.59. The van der Waals surface area contributed by atoms with E-state index in [4.69, 9.17) is 11.6 Å². The third-order valence-corrected chi connectivity index (χ3v) is 5.15. The first-order valence-electron chi connectivity index (χ1n) is 6.74. The van der Waals surface area contributed by atoms with Crippen molar-refractivity contribution in [2.24, 2.45) is 5.92 Å². The maximum atomic E-state index is 5.94. The Morgan fingerprint density at radius 1 is 1.41 bits per heavy atom.